The van der Waals surface area contributed by atoms with Gasteiger partial charge in [-0.2, -0.15) is 0 Å². The van der Waals surface area contributed by atoms with Crippen LogP contribution in [0.2, 0.25) is 0 Å². The second-order valence-corrected chi connectivity index (χ2v) is 8.01. The first-order valence-corrected chi connectivity index (χ1v) is 11.5. The molecule has 0 fully saturated rings. The van der Waals surface area contributed by atoms with Gasteiger partial charge in [0.1, 0.15) is 0 Å². The maximum absolute atomic E-state index is 6.14. The molecule has 30 heavy (non-hydrogen) atoms. The van der Waals surface area contributed by atoms with Gasteiger partial charge in [0.25, 0.3) is 0 Å². The van der Waals surface area contributed by atoms with Crippen molar-refractivity contribution in [2.24, 2.45) is 11.5 Å². The molecule has 166 valence electrons. The molecule has 0 bridgehead atoms. The Morgan fingerprint density at radius 1 is 0.500 bits per heavy atom. The highest BCUT2D eigenvalue weighted by Crippen LogP contribution is 2.12. The number of nitrogens with two attached hydrogens (primary N) is 2. The molecular formula is C26H40N2O2. The molecule has 2 unspecified atom stereocenters. The van der Waals surface area contributed by atoms with Crippen LogP contribution in [0, 0.1) is 0 Å². The highest BCUT2D eigenvalue weighted by atomic mass is 16.5. The molecule has 0 aliphatic heterocycles. The van der Waals surface area contributed by atoms with Crippen LogP contribution in [0.5, 0.6) is 0 Å². The minimum absolute atomic E-state index is 0.0238. The minimum atomic E-state index is -0.0238. The second kappa shape index (κ2) is 16.0. The molecule has 0 spiro atoms. The number of unbranched alkanes of at least 4 members (excludes halogenated alkanes) is 7. The molecule has 4 N–H and O–H groups in total. The SMILES string of the molecule is NC(COCCCCCCCCCCOCC(N)c1ccccc1)c1ccccc1. The van der Waals surface area contributed by atoms with Gasteiger partial charge in [0, 0.05) is 13.2 Å². The lowest BCUT2D eigenvalue weighted by Crippen LogP contribution is -2.17. The summed E-state index contributed by atoms with van der Waals surface area (Å²) in [6, 6.07) is 20.3. The molecule has 0 amide bonds. The van der Waals surface area contributed by atoms with Crippen LogP contribution >= 0.6 is 0 Å². The van der Waals surface area contributed by atoms with Crippen LogP contribution in [-0.2, 0) is 9.47 Å². The average molecular weight is 413 g/mol. The first-order valence-electron chi connectivity index (χ1n) is 11.5. The van der Waals surface area contributed by atoms with E-state index in [1.807, 2.05) is 36.4 Å². The van der Waals surface area contributed by atoms with Crippen LogP contribution in [0.25, 0.3) is 0 Å². The van der Waals surface area contributed by atoms with Crippen molar-refractivity contribution in [1.82, 2.24) is 0 Å². The lowest BCUT2D eigenvalue weighted by molar-refractivity contribution is 0.116. The number of hydrogen-bond donors (Lipinski definition) is 2. The number of rotatable bonds is 17. The van der Waals surface area contributed by atoms with Crippen LogP contribution in [0.3, 0.4) is 0 Å². The Morgan fingerprint density at radius 2 is 0.833 bits per heavy atom. The first kappa shape index (κ1) is 24.5. The summed E-state index contributed by atoms with van der Waals surface area (Å²) in [7, 11) is 0. The van der Waals surface area contributed by atoms with Crippen molar-refractivity contribution in [3.05, 3.63) is 71.8 Å². The molecule has 2 atom stereocenters. The van der Waals surface area contributed by atoms with Gasteiger partial charge in [-0.15, -0.1) is 0 Å². The summed E-state index contributed by atoms with van der Waals surface area (Å²) in [6.45, 7) is 2.82. The van der Waals surface area contributed by atoms with Crippen LogP contribution in [0.15, 0.2) is 60.7 Å². The van der Waals surface area contributed by atoms with E-state index >= 15 is 0 Å². The highest BCUT2D eigenvalue weighted by Gasteiger charge is 2.05. The number of benzene rings is 2. The lowest BCUT2D eigenvalue weighted by Gasteiger charge is -2.12. The molecule has 0 heterocycles. The van der Waals surface area contributed by atoms with Gasteiger partial charge in [-0.05, 0) is 24.0 Å². The van der Waals surface area contributed by atoms with Gasteiger partial charge in [0.15, 0.2) is 0 Å². The minimum Gasteiger partial charge on any atom is -0.379 e. The van der Waals surface area contributed by atoms with Gasteiger partial charge in [-0.25, -0.2) is 0 Å². The second-order valence-electron chi connectivity index (χ2n) is 8.01. The third kappa shape index (κ3) is 10.9. The largest absolute Gasteiger partial charge is 0.379 e. The zero-order valence-corrected chi connectivity index (χ0v) is 18.4. The summed E-state index contributed by atoms with van der Waals surface area (Å²) >= 11 is 0. The molecule has 2 rings (SSSR count). The quantitative estimate of drug-likeness (QED) is 0.335. The van der Waals surface area contributed by atoms with Crippen LogP contribution < -0.4 is 11.5 Å². The Labute approximate surface area is 183 Å². The van der Waals surface area contributed by atoms with Gasteiger partial charge in [0.05, 0.1) is 25.3 Å². The van der Waals surface area contributed by atoms with Crippen LogP contribution in [0.1, 0.15) is 74.6 Å². The van der Waals surface area contributed by atoms with Crippen LogP contribution in [-0.4, -0.2) is 26.4 Å². The normalized spacial score (nSPS) is 13.3. The standard InChI is InChI=1S/C26H40N2O2/c27-25(23-15-9-7-10-16-23)21-29-19-13-5-3-1-2-4-6-14-20-30-22-26(28)24-17-11-8-12-18-24/h7-12,15-18,25-26H,1-6,13-14,19-22,27-28H2. The molecular weight excluding hydrogens is 372 g/mol. The van der Waals surface area contributed by atoms with E-state index in [1.54, 1.807) is 0 Å². The van der Waals surface area contributed by atoms with E-state index in [4.69, 9.17) is 20.9 Å². The van der Waals surface area contributed by atoms with Crippen molar-refractivity contribution < 1.29 is 9.47 Å². The third-order valence-corrected chi connectivity index (χ3v) is 5.38. The monoisotopic (exact) mass is 412 g/mol. The molecule has 0 aliphatic carbocycles. The van der Waals surface area contributed by atoms with Crippen molar-refractivity contribution in [2.45, 2.75) is 63.5 Å². The van der Waals surface area contributed by atoms with E-state index in [9.17, 15) is 0 Å². The van der Waals surface area contributed by atoms with E-state index < -0.39 is 0 Å². The Kier molecular flexibility index (Phi) is 13.1. The summed E-state index contributed by atoms with van der Waals surface area (Å²) in [5, 5.41) is 0. The molecule has 2 aromatic rings. The van der Waals surface area contributed by atoms with Gasteiger partial charge in [-0.1, -0.05) is 99.2 Å². The Hall–Kier alpha value is -1.72. The third-order valence-electron chi connectivity index (χ3n) is 5.38. The Balaban J connectivity index is 1.31. The summed E-state index contributed by atoms with van der Waals surface area (Å²) in [6.07, 6.45) is 9.91. The fraction of sp³-hybridized carbons (Fsp3) is 0.538. The summed E-state index contributed by atoms with van der Waals surface area (Å²) in [4.78, 5) is 0. The predicted octanol–water partition coefficient (Wildman–Crippen LogP) is 5.54. The van der Waals surface area contributed by atoms with Crippen molar-refractivity contribution in [3.8, 4) is 0 Å². The fourth-order valence-electron chi connectivity index (χ4n) is 3.48. The van der Waals surface area contributed by atoms with Crippen molar-refractivity contribution in [1.29, 1.82) is 0 Å². The van der Waals surface area contributed by atoms with Gasteiger partial charge >= 0.3 is 0 Å². The van der Waals surface area contributed by atoms with E-state index in [1.165, 1.54) is 38.5 Å². The Morgan fingerprint density at radius 3 is 1.20 bits per heavy atom. The topological polar surface area (TPSA) is 70.5 Å². The molecule has 4 heteroatoms. The summed E-state index contributed by atoms with van der Waals surface area (Å²) < 4.78 is 11.5. The average Bonchev–Trinajstić information content (AvgIpc) is 2.80. The molecule has 0 radical (unpaired) electrons. The van der Waals surface area contributed by atoms with E-state index in [-0.39, 0.29) is 12.1 Å². The first-order chi connectivity index (χ1) is 14.8. The summed E-state index contributed by atoms with van der Waals surface area (Å²) in [5.41, 5.74) is 14.6. The zero-order chi connectivity index (χ0) is 21.3. The van der Waals surface area contributed by atoms with Crippen LogP contribution in [0.4, 0.5) is 0 Å². The maximum atomic E-state index is 6.14. The molecule has 0 saturated heterocycles. The zero-order valence-electron chi connectivity index (χ0n) is 18.4. The molecule has 0 aromatic heterocycles. The number of ether oxygens (including phenoxy) is 2. The molecule has 4 nitrogen and oxygen atoms in total. The molecule has 2 aromatic carbocycles. The maximum Gasteiger partial charge on any atom is 0.0659 e. The number of hydrogen-bond acceptors (Lipinski definition) is 4. The molecule has 0 saturated carbocycles. The van der Waals surface area contributed by atoms with Gasteiger partial charge in [-0.3, -0.25) is 0 Å². The Bertz CT molecular complexity index is 578. The van der Waals surface area contributed by atoms with Gasteiger partial charge < -0.3 is 20.9 Å². The smallest absolute Gasteiger partial charge is 0.0659 e. The highest BCUT2D eigenvalue weighted by molar-refractivity contribution is 5.19. The van der Waals surface area contributed by atoms with Crippen molar-refractivity contribution in [2.75, 3.05) is 26.4 Å². The van der Waals surface area contributed by atoms with Crippen molar-refractivity contribution in [3.63, 3.8) is 0 Å². The summed E-state index contributed by atoms with van der Waals surface area (Å²) in [5.74, 6) is 0. The predicted molar refractivity (Wildman–Crippen MR) is 125 cm³/mol. The van der Waals surface area contributed by atoms with E-state index in [0.717, 1.165) is 37.2 Å². The lowest BCUT2D eigenvalue weighted by atomic mass is 10.1. The fourth-order valence-corrected chi connectivity index (χ4v) is 3.48. The van der Waals surface area contributed by atoms with Crippen molar-refractivity contribution >= 4 is 0 Å². The van der Waals surface area contributed by atoms with E-state index in [2.05, 4.69) is 24.3 Å². The van der Waals surface area contributed by atoms with E-state index in [0.29, 0.717) is 13.2 Å². The molecule has 0 aliphatic rings. The van der Waals surface area contributed by atoms with Gasteiger partial charge in [0.2, 0.25) is 0 Å².